The second-order valence-corrected chi connectivity index (χ2v) is 7.94. The van der Waals surface area contributed by atoms with Gasteiger partial charge in [-0.2, -0.15) is 5.10 Å². The minimum absolute atomic E-state index is 0.214. The number of rotatable bonds is 7. The molecule has 0 saturated carbocycles. The molecular weight excluding hydrogens is 405 g/mol. The second-order valence-electron chi connectivity index (χ2n) is 7.94. The van der Waals surface area contributed by atoms with Crippen LogP contribution in [0.25, 0.3) is 16.9 Å². The maximum absolute atomic E-state index is 13.4. The highest BCUT2D eigenvalue weighted by molar-refractivity contribution is 5.87. The summed E-state index contributed by atoms with van der Waals surface area (Å²) in [5, 5.41) is 17.3. The predicted octanol–water partition coefficient (Wildman–Crippen LogP) is 6.11. The third-order valence-electron chi connectivity index (χ3n) is 5.35. The van der Waals surface area contributed by atoms with Gasteiger partial charge in [-0.05, 0) is 72.1 Å². The SMILES string of the molecule is CC(C)c1ccc(NCc2cn(-c3ccc(C(=O)O)cc3)nc2-c2ccc(F)cc2)cc1. The predicted molar refractivity (Wildman–Crippen MR) is 124 cm³/mol. The normalized spacial score (nSPS) is 11.0. The Balaban J connectivity index is 1.64. The Morgan fingerprint density at radius 2 is 1.66 bits per heavy atom. The second kappa shape index (κ2) is 9.06. The summed E-state index contributed by atoms with van der Waals surface area (Å²) in [5.41, 5.74) is 5.71. The number of aromatic carboxylic acids is 1. The van der Waals surface area contributed by atoms with Crippen molar-refractivity contribution in [3.63, 3.8) is 0 Å². The molecule has 6 heteroatoms. The summed E-state index contributed by atoms with van der Waals surface area (Å²) in [6, 6.07) is 21.1. The zero-order valence-electron chi connectivity index (χ0n) is 17.9. The molecule has 0 spiro atoms. The number of aromatic nitrogens is 2. The van der Waals surface area contributed by atoms with E-state index < -0.39 is 5.97 Å². The number of hydrogen-bond donors (Lipinski definition) is 2. The Labute approximate surface area is 186 Å². The minimum Gasteiger partial charge on any atom is -0.478 e. The Bertz CT molecular complexity index is 1210. The van der Waals surface area contributed by atoms with Crippen molar-refractivity contribution < 1.29 is 14.3 Å². The first-order chi connectivity index (χ1) is 15.4. The number of carbonyl (C=O) groups is 1. The van der Waals surface area contributed by atoms with Crippen molar-refractivity contribution in [1.82, 2.24) is 9.78 Å². The van der Waals surface area contributed by atoms with Gasteiger partial charge in [0.1, 0.15) is 5.82 Å². The Morgan fingerprint density at radius 3 is 2.25 bits per heavy atom. The number of nitrogens with one attached hydrogen (secondary N) is 1. The molecule has 1 heterocycles. The number of anilines is 1. The van der Waals surface area contributed by atoms with Crippen LogP contribution in [-0.2, 0) is 6.54 Å². The molecule has 0 fully saturated rings. The molecule has 0 aliphatic rings. The fourth-order valence-electron chi connectivity index (χ4n) is 3.46. The smallest absolute Gasteiger partial charge is 0.335 e. The summed E-state index contributed by atoms with van der Waals surface area (Å²) in [6.45, 7) is 4.85. The van der Waals surface area contributed by atoms with Crippen molar-refractivity contribution in [2.75, 3.05) is 5.32 Å². The van der Waals surface area contributed by atoms with Gasteiger partial charge in [-0.1, -0.05) is 26.0 Å². The molecule has 32 heavy (non-hydrogen) atoms. The van der Waals surface area contributed by atoms with Gasteiger partial charge < -0.3 is 10.4 Å². The molecular formula is C26H24FN3O2. The van der Waals surface area contributed by atoms with Gasteiger partial charge in [0.2, 0.25) is 0 Å². The molecule has 0 unspecified atom stereocenters. The summed E-state index contributed by atoms with van der Waals surface area (Å²) in [4.78, 5) is 11.1. The highest BCUT2D eigenvalue weighted by Gasteiger charge is 2.13. The van der Waals surface area contributed by atoms with Crippen LogP contribution in [0.4, 0.5) is 10.1 Å². The van der Waals surface area contributed by atoms with Crippen molar-refractivity contribution in [2.24, 2.45) is 0 Å². The fourth-order valence-corrected chi connectivity index (χ4v) is 3.46. The van der Waals surface area contributed by atoms with Crippen LogP contribution in [0.3, 0.4) is 0 Å². The lowest BCUT2D eigenvalue weighted by atomic mass is 10.0. The molecule has 0 bridgehead atoms. The zero-order valence-corrected chi connectivity index (χ0v) is 17.9. The van der Waals surface area contributed by atoms with Crippen molar-refractivity contribution >= 4 is 11.7 Å². The van der Waals surface area contributed by atoms with Gasteiger partial charge in [-0.3, -0.25) is 0 Å². The Morgan fingerprint density at radius 1 is 1.00 bits per heavy atom. The molecule has 3 aromatic carbocycles. The van der Waals surface area contributed by atoms with Gasteiger partial charge in [0.15, 0.2) is 0 Å². The van der Waals surface area contributed by atoms with Crippen LogP contribution in [0.1, 0.15) is 41.3 Å². The quantitative estimate of drug-likeness (QED) is 0.372. The first-order valence-electron chi connectivity index (χ1n) is 10.4. The van der Waals surface area contributed by atoms with E-state index in [0.717, 1.165) is 28.2 Å². The molecule has 0 amide bonds. The van der Waals surface area contributed by atoms with E-state index in [2.05, 4.69) is 43.4 Å². The monoisotopic (exact) mass is 429 g/mol. The summed E-state index contributed by atoms with van der Waals surface area (Å²) < 4.78 is 15.2. The molecule has 2 N–H and O–H groups in total. The number of hydrogen-bond acceptors (Lipinski definition) is 3. The van der Waals surface area contributed by atoms with Gasteiger partial charge in [0.05, 0.1) is 16.9 Å². The van der Waals surface area contributed by atoms with Crippen LogP contribution in [0.15, 0.2) is 79.0 Å². The molecule has 0 radical (unpaired) electrons. The highest BCUT2D eigenvalue weighted by atomic mass is 19.1. The zero-order chi connectivity index (χ0) is 22.7. The van der Waals surface area contributed by atoms with E-state index in [1.807, 2.05) is 6.20 Å². The van der Waals surface area contributed by atoms with Crippen LogP contribution >= 0.6 is 0 Å². The number of nitrogens with zero attached hydrogens (tertiary/aromatic N) is 2. The molecule has 0 saturated heterocycles. The first-order valence-corrected chi connectivity index (χ1v) is 10.4. The van der Waals surface area contributed by atoms with Crippen LogP contribution in [0.5, 0.6) is 0 Å². The molecule has 4 rings (SSSR count). The Hall–Kier alpha value is -3.93. The van der Waals surface area contributed by atoms with Crippen LogP contribution < -0.4 is 5.32 Å². The van der Waals surface area contributed by atoms with E-state index in [4.69, 9.17) is 10.2 Å². The van der Waals surface area contributed by atoms with Gasteiger partial charge in [0.25, 0.3) is 0 Å². The Kier molecular flexibility index (Phi) is 6.03. The minimum atomic E-state index is -0.975. The van der Waals surface area contributed by atoms with Gasteiger partial charge in [-0.25, -0.2) is 13.9 Å². The van der Waals surface area contributed by atoms with Crippen molar-refractivity contribution in [3.8, 4) is 16.9 Å². The lowest BCUT2D eigenvalue weighted by Gasteiger charge is -2.09. The average molecular weight is 429 g/mol. The molecule has 0 aliphatic heterocycles. The summed E-state index contributed by atoms with van der Waals surface area (Å²) in [7, 11) is 0. The fraction of sp³-hybridized carbons (Fsp3) is 0.154. The third kappa shape index (κ3) is 4.70. The lowest BCUT2D eigenvalue weighted by Crippen LogP contribution is -2.00. The summed E-state index contributed by atoms with van der Waals surface area (Å²) >= 11 is 0. The number of carboxylic acid groups (broad SMARTS) is 1. The molecule has 162 valence electrons. The first kappa shape index (κ1) is 21.3. The maximum Gasteiger partial charge on any atom is 0.335 e. The van der Waals surface area contributed by atoms with Crippen LogP contribution in [0.2, 0.25) is 0 Å². The number of benzene rings is 3. The standard InChI is InChI=1S/C26H24FN3O2/c1-17(2)18-5-11-23(12-6-18)28-15-21-16-30(24-13-7-20(8-14-24)26(31)32)29-25(21)19-3-9-22(27)10-4-19/h3-14,16-17,28H,15H2,1-2H3,(H,31,32). The molecule has 0 atom stereocenters. The van der Waals surface area contributed by atoms with Gasteiger partial charge in [-0.15, -0.1) is 0 Å². The van der Waals surface area contributed by atoms with Crippen molar-refractivity contribution in [2.45, 2.75) is 26.3 Å². The molecule has 0 aliphatic carbocycles. The number of halogens is 1. The molecule has 1 aromatic heterocycles. The molecule has 5 nitrogen and oxygen atoms in total. The average Bonchev–Trinajstić information content (AvgIpc) is 3.23. The van der Waals surface area contributed by atoms with E-state index >= 15 is 0 Å². The van der Waals surface area contributed by atoms with Crippen LogP contribution in [0, 0.1) is 5.82 Å². The van der Waals surface area contributed by atoms with Gasteiger partial charge >= 0.3 is 5.97 Å². The molecule has 4 aromatic rings. The summed E-state index contributed by atoms with van der Waals surface area (Å²) in [6.07, 6.45) is 1.91. The highest BCUT2D eigenvalue weighted by Crippen LogP contribution is 2.26. The largest absolute Gasteiger partial charge is 0.478 e. The van der Waals surface area contributed by atoms with Crippen molar-refractivity contribution in [1.29, 1.82) is 0 Å². The third-order valence-corrected chi connectivity index (χ3v) is 5.35. The van der Waals surface area contributed by atoms with E-state index in [1.54, 1.807) is 41.1 Å². The topological polar surface area (TPSA) is 67.2 Å². The van der Waals surface area contributed by atoms with Gasteiger partial charge in [0, 0.05) is 29.6 Å². The lowest BCUT2D eigenvalue weighted by molar-refractivity contribution is 0.0697. The number of carboxylic acids is 1. The van der Waals surface area contributed by atoms with E-state index in [1.165, 1.54) is 17.7 Å². The van der Waals surface area contributed by atoms with Crippen LogP contribution in [-0.4, -0.2) is 20.9 Å². The maximum atomic E-state index is 13.4. The van der Waals surface area contributed by atoms with E-state index in [9.17, 15) is 9.18 Å². The van der Waals surface area contributed by atoms with E-state index in [0.29, 0.717) is 12.5 Å². The van der Waals surface area contributed by atoms with Crippen molar-refractivity contribution in [3.05, 3.63) is 102 Å². The summed E-state index contributed by atoms with van der Waals surface area (Å²) in [5.74, 6) is -0.806. The van der Waals surface area contributed by atoms with E-state index in [-0.39, 0.29) is 11.4 Å².